The highest BCUT2D eigenvalue weighted by atomic mass is 35.5. The number of hydrogen-bond acceptors (Lipinski definition) is 4. The predicted octanol–water partition coefficient (Wildman–Crippen LogP) is 1.62. The van der Waals surface area contributed by atoms with E-state index in [4.69, 9.17) is 21.1 Å². The first kappa shape index (κ1) is 21.0. The van der Waals surface area contributed by atoms with Crippen LogP contribution in [0.2, 0.25) is 5.02 Å². The summed E-state index contributed by atoms with van der Waals surface area (Å²) in [4.78, 5) is 4.30. The maximum absolute atomic E-state index is 6.43. The zero-order valence-corrected chi connectivity index (χ0v) is 16.5. The maximum Gasteiger partial charge on any atom is 0.180 e. The first-order valence-electron chi connectivity index (χ1n) is 8.40. The molecule has 2 aromatic carbocycles. The molecule has 0 fully saturated rings. The van der Waals surface area contributed by atoms with Crippen molar-refractivity contribution in [1.29, 1.82) is 0 Å². The fourth-order valence-corrected chi connectivity index (χ4v) is 2.87. The van der Waals surface area contributed by atoms with Gasteiger partial charge in [0.15, 0.2) is 11.5 Å². The summed E-state index contributed by atoms with van der Waals surface area (Å²) in [5.74, 6) is 1.19. The van der Waals surface area contributed by atoms with Crippen LogP contribution < -0.4 is 27.2 Å². The van der Waals surface area contributed by atoms with Gasteiger partial charge in [0.2, 0.25) is 0 Å². The van der Waals surface area contributed by atoms with E-state index in [0.717, 1.165) is 16.8 Å². The molecule has 1 N–H and O–H groups in total. The van der Waals surface area contributed by atoms with Gasteiger partial charge in [0.05, 0.1) is 17.8 Å². The van der Waals surface area contributed by atoms with Crippen molar-refractivity contribution in [2.45, 2.75) is 19.7 Å². The van der Waals surface area contributed by atoms with Gasteiger partial charge < -0.3 is 27.2 Å². The third-order valence-corrected chi connectivity index (χ3v) is 4.16. The lowest BCUT2D eigenvalue weighted by molar-refractivity contribution is -0.00000581. The lowest BCUT2D eigenvalue weighted by atomic mass is 10.2. The Kier molecular flexibility index (Phi) is 8.40. The summed E-state index contributed by atoms with van der Waals surface area (Å²) in [7, 11) is 1.62. The summed E-state index contributed by atoms with van der Waals surface area (Å²) >= 11 is 6.43. The van der Waals surface area contributed by atoms with E-state index >= 15 is 0 Å². The third-order valence-electron chi connectivity index (χ3n) is 3.88. The van der Waals surface area contributed by atoms with Crippen LogP contribution in [0.3, 0.4) is 0 Å². The number of methoxy groups -OCH3 is 1. The van der Waals surface area contributed by atoms with Crippen molar-refractivity contribution in [3.8, 4) is 11.5 Å². The first-order chi connectivity index (χ1) is 12.8. The number of benzene rings is 2. The van der Waals surface area contributed by atoms with Gasteiger partial charge in [-0.2, -0.15) is 0 Å². The molecule has 1 heterocycles. The third kappa shape index (κ3) is 6.14. The zero-order chi connectivity index (χ0) is 18.2. The molecule has 0 aliphatic heterocycles. The number of halogens is 2. The molecule has 4 nitrogen and oxygen atoms in total. The second-order valence-corrected chi connectivity index (χ2v) is 6.22. The average molecular weight is 404 g/mol. The van der Waals surface area contributed by atoms with Crippen LogP contribution in [0.1, 0.15) is 16.8 Å². The van der Waals surface area contributed by atoms with Crippen LogP contribution >= 0.6 is 11.6 Å². The Morgan fingerprint density at radius 3 is 2.44 bits per heavy atom. The van der Waals surface area contributed by atoms with E-state index in [0.29, 0.717) is 36.2 Å². The van der Waals surface area contributed by atoms with Gasteiger partial charge in [0, 0.05) is 19.3 Å². The lowest BCUT2D eigenvalue weighted by Gasteiger charge is -2.14. The summed E-state index contributed by atoms with van der Waals surface area (Å²) in [6.45, 7) is 1.78. The minimum Gasteiger partial charge on any atom is -1.00 e. The number of nitrogens with zero attached hydrogens (tertiary/aromatic N) is 1. The Morgan fingerprint density at radius 2 is 1.74 bits per heavy atom. The van der Waals surface area contributed by atoms with Crippen LogP contribution in [0.5, 0.6) is 11.5 Å². The van der Waals surface area contributed by atoms with Crippen molar-refractivity contribution in [1.82, 2.24) is 10.3 Å². The molecule has 0 aliphatic rings. The van der Waals surface area contributed by atoms with E-state index in [1.165, 1.54) is 0 Å². The summed E-state index contributed by atoms with van der Waals surface area (Å²) in [5.41, 5.74) is 3.09. The van der Waals surface area contributed by atoms with Gasteiger partial charge in [0.1, 0.15) is 6.61 Å². The van der Waals surface area contributed by atoms with Gasteiger partial charge in [0.25, 0.3) is 0 Å². The van der Waals surface area contributed by atoms with E-state index in [2.05, 4.69) is 10.3 Å². The number of pyridine rings is 1. The summed E-state index contributed by atoms with van der Waals surface area (Å²) in [6.07, 6.45) is 1.79. The molecule has 0 amide bonds. The molecule has 0 radical (unpaired) electrons. The molecular formula is C21H21Cl2N2O2-. The molecule has 0 saturated heterocycles. The molecular weight excluding hydrogens is 383 g/mol. The van der Waals surface area contributed by atoms with Crippen molar-refractivity contribution < 1.29 is 21.9 Å². The molecule has 3 aromatic rings. The Balaban J connectivity index is 0.00000261. The Bertz CT molecular complexity index is 830. The van der Waals surface area contributed by atoms with Crippen LogP contribution in [0.4, 0.5) is 0 Å². The van der Waals surface area contributed by atoms with Crippen molar-refractivity contribution in [2.75, 3.05) is 7.11 Å². The van der Waals surface area contributed by atoms with Gasteiger partial charge >= 0.3 is 0 Å². The van der Waals surface area contributed by atoms with Crippen LogP contribution in [-0.4, -0.2) is 12.1 Å². The fraction of sp³-hybridized carbons (Fsp3) is 0.190. The molecule has 0 unspecified atom stereocenters. The van der Waals surface area contributed by atoms with Gasteiger partial charge in [-0.1, -0.05) is 48.0 Å². The SMILES string of the molecule is COc1cc(CNCc2ccccn2)cc(Cl)c1OCc1ccccc1.[Cl-]. The zero-order valence-electron chi connectivity index (χ0n) is 15.0. The smallest absolute Gasteiger partial charge is 0.180 e. The number of rotatable bonds is 8. The Morgan fingerprint density at radius 1 is 0.963 bits per heavy atom. The quantitative estimate of drug-likeness (QED) is 0.620. The van der Waals surface area contributed by atoms with Crippen molar-refractivity contribution in [2.24, 2.45) is 0 Å². The molecule has 0 atom stereocenters. The molecule has 27 heavy (non-hydrogen) atoms. The minimum absolute atomic E-state index is 0. The van der Waals surface area contributed by atoms with Crippen molar-refractivity contribution in [3.05, 3.63) is 88.7 Å². The van der Waals surface area contributed by atoms with Crippen molar-refractivity contribution >= 4 is 11.6 Å². The molecule has 1 aromatic heterocycles. The maximum atomic E-state index is 6.43. The highest BCUT2D eigenvalue weighted by Crippen LogP contribution is 2.37. The largest absolute Gasteiger partial charge is 1.00 e. The molecule has 0 saturated carbocycles. The topological polar surface area (TPSA) is 43.4 Å². The Labute approximate surface area is 170 Å². The summed E-state index contributed by atoms with van der Waals surface area (Å²) in [5, 5.41) is 3.89. The molecule has 3 rings (SSSR count). The van der Waals surface area contributed by atoms with E-state index in [1.54, 1.807) is 13.3 Å². The number of hydrogen-bond donors (Lipinski definition) is 1. The monoisotopic (exact) mass is 403 g/mol. The van der Waals surface area contributed by atoms with Gasteiger partial charge in [-0.25, -0.2) is 0 Å². The second kappa shape index (κ2) is 10.8. The minimum atomic E-state index is 0. The van der Waals surface area contributed by atoms with Gasteiger partial charge in [-0.15, -0.1) is 0 Å². The summed E-state index contributed by atoms with van der Waals surface area (Å²) in [6, 6.07) is 19.7. The van der Waals surface area contributed by atoms with E-state index in [1.807, 2.05) is 60.7 Å². The lowest BCUT2D eigenvalue weighted by Crippen LogP contribution is -3.00. The number of ether oxygens (including phenoxy) is 2. The normalized spacial score (nSPS) is 10.1. The standard InChI is InChI=1S/C21H21ClN2O2.ClH/c1-25-20-12-17(13-23-14-18-9-5-6-10-24-18)11-19(22)21(20)26-15-16-7-3-2-4-8-16;/h2-12,23H,13-15H2,1H3;1H/p-1. The molecule has 0 aliphatic carbocycles. The van der Waals surface area contributed by atoms with Gasteiger partial charge in [-0.3, -0.25) is 4.98 Å². The van der Waals surface area contributed by atoms with Crippen LogP contribution in [-0.2, 0) is 19.7 Å². The van der Waals surface area contributed by atoms with E-state index < -0.39 is 0 Å². The second-order valence-electron chi connectivity index (χ2n) is 5.81. The number of aromatic nitrogens is 1. The van der Waals surface area contributed by atoms with Crippen LogP contribution in [0.15, 0.2) is 66.9 Å². The molecule has 142 valence electrons. The van der Waals surface area contributed by atoms with Crippen LogP contribution in [0, 0.1) is 0 Å². The highest BCUT2D eigenvalue weighted by Gasteiger charge is 2.12. The average Bonchev–Trinajstić information content (AvgIpc) is 2.68. The fourth-order valence-electron chi connectivity index (χ4n) is 2.58. The Hall–Kier alpha value is -2.27. The van der Waals surface area contributed by atoms with Crippen LogP contribution in [0.25, 0.3) is 0 Å². The summed E-state index contributed by atoms with van der Waals surface area (Å²) < 4.78 is 11.4. The number of nitrogens with one attached hydrogen (secondary N) is 1. The first-order valence-corrected chi connectivity index (χ1v) is 8.78. The van der Waals surface area contributed by atoms with Gasteiger partial charge in [-0.05, 0) is 35.4 Å². The molecule has 6 heteroatoms. The van der Waals surface area contributed by atoms with E-state index in [9.17, 15) is 0 Å². The molecule has 0 bridgehead atoms. The predicted molar refractivity (Wildman–Crippen MR) is 104 cm³/mol. The van der Waals surface area contributed by atoms with E-state index in [-0.39, 0.29) is 12.4 Å². The highest BCUT2D eigenvalue weighted by molar-refractivity contribution is 6.32. The molecule has 0 spiro atoms. The van der Waals surface area contributed by atoms with Crippen molar-refractivity contribution in [3.63, 3.8) is 0 Å².